The average molecular weight is 302 g/mol. The number of amides is 1. The Hall–Kier alpha value is -1.35. The van der Waals surface area contributed by atoms with Crippen LogP contribution in [0.25, 0.3) is 0 Å². The molecule has 1 aliphatic heterocycles. The Balaban J connectivity index is 1.94. The zero-order valence-corrected chi connectivity index (χ0v) is 14.5. The minimum absolute atomic E-state index is 0.172. The average Bonchev–Trinajstić information content (AvgIpc) is 2.55. The van der Waals surface area contributed by atoms with E-state index in [4.69, 9.17) is 0 Å². The first-order chi connectivity index (χ1) is 10.5. The van der Waals surface area contributed by atoms with Gasteiger partial charge in [-0.3, -0.25) is 9.69 Å². The van der Waals surface area contributed by atoms with Crippen molar-refractivity contribution in [2.24, 2.45) is 5.41 Å². The lowest BCUT2D eigenvalue weighted by molar-refractivity contribution is -0.129. The maximum absolute atomic E-state index is 12.3. The van der Waals surface area contributed by atoms with E-state index in [1.165, 1.54) is 11.1 Å². The number of hydrogen-bond donors (Lipinski definition) is 1. The van der Waals surface area contributed by atoms with E-state index in [2.05, 4.69) is 48.3 Å². The van der Waals surface area contributed by atoms with E-state index in [0.29, 0.717) is 6.04 Å². The third kappa shape index (κ3) is 3.89. The van der Waals surface area contributed by atoms with E-state index < -0.39 is 0 Å². The first-order valence-corrected chi connectivity index (χ1v) is 8.57. The number of carbonyl (C=O) groups is 1. The van der Waals surface area contributed by atoms with E-state index in [9.17, 15) is 4.79 Å². The summed E-state index contributed by atoms with van der Waals surface area (Å²) >= 11 is 0. The third-order valence-electron chi connectivity index (χ3n) is 5.14. The van der Waals surface area contributed by atoms with Gasteiger partial charge in [0.2, 0.25) is 5.91 Å². The van der Waals surface area contributed by atoms with Crippen molar-refractivity contribution in [3.8, 4) is 0 Å². The molecule has 0 aromatic heterocycles. The van der Waals surface area contributed by atoms with E-state index in [1.807, 2.05) is 13.8 Å². The van der Waals surface area contributed by atoms with Gasteiger partial charge < -0.3 is 5.32 Å². The molecule has 0 saturated carbocycles. The van der Waals surface area contributed by atoms with Crippen LogP contribution in [-0.4, -0.2) is 29.9 Å². The number of benzene rings is 1. The topological polar surface area (TPSA) is 32.3 Å². The Morgan fingerprint density at radius 2 is 1.95 bits per heavy atom. The number of nitrogens with zero attached hydrogens (tertiary/aromatic N) is 1. The Labute approximate surface area is 135 Å². The zero-order chi connectivity index (χ0) is 16.2. The van der Waals surface area contributed by atoms with Crippen molar-refractivity contribution in [2.75, 3.05) is 13.1 Å². The Bertz CT molecular complexity index is 510. The molecule has 1 heterocycles. The van der Waals surface area contributed by atoms with Crippen LogP contribution in [0.4, 0.5) is 0 Å². The predicted octanol–water partition coefficient (Wildman–Crippen LogP) is 3.38. The number of carbonyl (C=O) groups excluding carboxylic acids is 1. The molecule has 1 atom stereocenters. The molecule has 3 nitrogen and oxygen atoms in total. The van der Waals surface area contributed by atoms with Gasteiger partial charge in [0, 0.05) is 31.1 Å². The van der Waals surface area contributed by atoms with Crippen LogP contribution < -0.4 is 5.32 Å². The van der Waals surface area contributed by atoms with E-state index in [0.717, 1.165) is 38.9 Å². The lowest BCUT2D eigenvalue weighted by atomic mass is 9.89. The fourth-order valence-corrected chi connectivity index (χ4v) is 2.97. The fourth-order valence-electron chi connectivity index (χ4n) is 2.97. The van der Waals surface area contributed by atoms with Crippen LogP contribution in [0.15, 0.2) is 24.3 Å². The van der Waals surface area contributed by atoms with Crippen LogP contribution in [0.5, 0.6) is 0 Å². The number of hydrogen-bond acceptors (Lipinski definition) is 2. The summed E-state index contributed by atoms with van der Waals surface area (Å²) in [5.74, 6) is 0.172. The van der Waals surface area contributed by atoms with Crippen LogP contribution in [0.2, 0.25) is 0 Å². The molecule has 122 valence electrons. The highest BCUT2D eigenvalue weighted by Gasteiger charge is 2.27. The molecule has 2 rings (SSSR count). The lowest BCUT2D eigenvalue weighted by Crippen LogP contribution is -2.48. The second-order valence-corrected chi connectivity index (χ2v) is 7.00. The normalized spacial score (nSPS) is 16.9. The zero-order valence-electron chi connectivity index (χ0n) is 14.5. The van der Waals surface area contributed by atoms with Crippen LogP contribution in [0.3, 0.4) is 0 Å². The first kappa shape index (κ1) is 17.0. The van der Waals surface area contributed by atoms with Crippen LogP contribution in [0, 0.1) is 5.41 Å². The highest BCUT2D eigenvalue weighted by atomic mass is 16.2. The molecular formula is C19H30N2O. The van der Waals surface area contributed by atoms with Crippen molar-refractivity contribution in [1.29, 1.82) is 0 Å². The van der Waals surface area contributed by atoms with Gasteiger partial charge in [0.05, 0.1) is 0 Å². The Kier molecular flexibility index (Phi) is 5.63. The molecule has 1 amide bonds. The molecule has 1 aromatic carbocycles. The number of fused-ring (bicyclic) bond motifs is 1. The van der Waals surface area contributed by atoms with Crippen molar-refractivity contribution in [1.82, 2.24) is 10.2 Å². The van der Waals surface area contributed by atoms with Gasteiger partial charge in [-0.1, -0.05) is 52.0 Å². The molecule has 0 saturated heterocycles. The summed E-state index contributed by atoms with van der Waals surface area (Å²) in [6.07, 6.45) is 3.04. The highest BCUT2D eigenvalue weighted by Crippen LogP contribution is 2.22. The van der Waals surface area contributed by atoms with E-state index in [1.54, 1.807) is 0 Å². The van der Waals surface area contributed by atoms with E-state index in [-0.39, 0.29) is 11.3 Å². The maximum atomic E-state index is 12.3. The second-order valence-electron chi connectivity index (χ2n) is 7.00. The predicted molar refractivity (Wildman–Crippen MR) is 91.7 cm³/mol. The smallest absolute Gasteiger partial charge is 0.225 e. The van der Waals surface area contributed by atoms with Crippen LogP contribution in [0.1, 0.15) is 51.7 Å². The van der Waals surface area contributed by atoms with Crippen molar-refractivity contribution in [3.63, 3.8) is 0 Å². The lowest BCUT2D eigenvalue weighted by Gasteiger charge is -2.36. The summed E-state index contributed by atoms with van der Waals surface area (Å²) in [4.78, 5) is 14.8. The minimum atomic E-state index is -0.271. The monoisotopic (exact) mass is 302 g/mol. The molecular weight excluding hydrogens is 272 g/mol. The minimum Gasteiger partial charge on any atom is -0.354 e. The van der Waals surface area contributed by atoms with Gasteiger partial charge in [0.25, 0.3) is 0 Å². The van der Waals surface area contributed by atoms with Crippen LogP contribution in [-0.2, 0) is 17.8 Å². The summed E-state index contributed by atoms with van der Waals surface area (Å²) < 4.78 is 0. The van der Waals surface area contributed by atoms with Gasteiger partial charge in [0.1, 0.15) is 0 Å². The third-order valence-corrected chi connectivity index (χ3v) is 5.14. The summed E-state index contributed by atoms with van der Waals surface area (Å²) in [5.41, 5.74) is 2.64. The van der Waals surface area contributed by atoms with Gasteiger partial charge in [-0.05, 0) is 30.4 Å². The second kappa shape index (κ2) is 7.28. The molecule has 1 unspecified atom stereocenters. The summed E-state index contributed by atoms with van der Waals surface area (Å²) in [6, 6.07) is 9.13. The van der Waals surface area contributed by atoms with Gasteiger partial charge in [-0.25, -0.2) is 0 Å². The molecule has 1 N–H and O–H groups in total. The van der Waals surface area contributed by atoms with Gasteiger partial charge in [0.15, 0.2) is 0 Å². The quantitative estimate of drug-likeness (QED) is 0.874. The molecule has 3 heteroatoms. The summed E-state index contributed by atoms with van der Waals surface area (Å²) in [6.45, 7) is 11.1. The molecule has 22 heavy (non-hydrogen) atoms. The largest absolute Gasteiger partial charge is 0.354 e. The Morgan fingerprint density at radius 3 is 2.59 bits per heavy atom. The molecule has 0 radical (unpaired) electrons. The Morgan fingerprint density at radius 1 is 1.27 bits per heavy atom. The van der Waals surface area contributed by atoms with Gasteiger partial charge in [-0.15, -0.1) is 0 Å². The first-order valence-electron chi connectivity index (χ1n) is 8.57. The fraction of sp³-hybridized carbons (Fsp3) is 0.632. The molecule has 0 bridgehead atoms. The van der Waals surface area contributed by atoms with E-state index >= 15 is 0 Å². The van der Waals surface area contributed by atoms with Crippen molar-refractivity contribution in [3.05, 3.63) is 35.4 Å². The molecule has 1 aliphatic rings. The molecule has 0 fully saturated rings. The maximum Gasteiger partial charge on any atom is 0.225 e. The SMILES string of the molecule is CCC(CNC(=O)C(C)(C)CC)N1CCc2ccccc2C1. The highest BCUT2D eigenvalue weighted by molar-refractivity contribution is 5.81. The number of nitrogens with one attached hydrogen (secondary N) is 1. The van der Waals surface area contributed by atoms with Gasteiger partial charge >= 0.3 is 0 Å². The molecule has 0 aliphatic carbocycles. The molecule has 1 aromatic rings. The summed E-state index contributed by atoms with van der Waals surface area (Å²) in [5, 5.41) is 3.17. The van der Waals surface area contributed by atoms with Crippen molar-refractivity contribution < 1.29 is 4.79 Å². The molecule has 0 spiro atoms. The van der Waals surface area contributed by atoms with Crippen molar-refractivity contribution >= 4 is 5.91 Å². The van der Waals surface area contributed by atoms with Crippen molar-refractivity contribution in [2.45, 2.75) is 59.5 Å². The standard InChI is InChI=1S/C19H30N2O/c1-5-17(13-20-18(22)19(3,4)6-2)21-12-11-15-9-7-8-10-16(15)14-21/h7-10,17H,5-6,11-14H2,1-4H3,(H,20,22). The van der Waals surface area contributed by atoms with Crippen LogP contribution >= 0.6 is 0 Å². The van der Waals surface area contributed by atoms with Gasteiger partial charge in [-0.2, -0.15) is 0 Å². The number of rotatable bonds is 6. The summed E-state index contributed by atoms with van der Waals surface area (Å²) in [7, 11) is 0.